The van der Waals surface area contributed by atoms with Crippen molar-refractivity contribution < 1.29 is 0 Å². The van der Waals surface area contributed by atoms with Crippen LogP contribution in [0.15, 0.2) is 0 Å². The fraction of sp³-hybridized carbons (Fsp3) is 0.857. The van der Waals surface area contributed by atoms with E-state index in [9.17, 15) is 0 Å². The highest BCUT2D eigenvalue weighted by molar-refractivity contribution is 6.81. The van der Waals surface area contributed by atoms with E-state index in [1.807, 2.05) is 0 Å². The van der Waals surface area contributed by atoms with Gasteiger partial charge in [-0.05, 0) is 14.5 Å². The van der Waals surface area contributed by atoms with Gasteiger partial charge in [0.2, 0.25) is 0 Å². The monoisotopic (exact) mass is 158 g/mol. The molecule has 9 heavy (non-hydrogen) atoms. The summed E-state index contributed by atoms with van der Waals surface area (Å²) in [5.41, 5.74) is 2.54. The summed E-state index contributed by atoms with van der Waals surface area (Å²) in [5.74, 6) is 0. The maximum atomic E-state index is 2.54. The summed E-state index contributed by atoms with van der Waals surface area (Å²) in [5, 5.41) is 0. The summed E-state index contributed by atoms with van der Waals surface area (Å²) in [6.45, 7) is 12.0. The molecule has 0 saturated carbocycles. The van der Waals surface area contributed by atoms with E-state index >= 15 is 0 Å². The zero-order valence-corrected chi connectivity index (χ0v) is 9.28. The van der Waals surface area contributed by atoms with Gasteiger partial charge in [0, 0.05) is 8.07 Å². The molecule has 0 aromatic carbocycles. The Kier molecular flexibility index (Phi) is 3.58. The molecule has 0 spiro atoms. The molecule has 54 valence electrons. The molecule has 0 heterocycles. The minimum atomic E-state index is -0.750. The third-order valence-electron chi connectivity index (χ3n) is 1.12. The maximum absolute atomic E-state index is 2.54. The van der Waals surface area contributed by atoms with E-state index in [1.165, 1.54) is 6.04 Å². The predicted octanol–water partition coefficient (Wildman–Crippen LogP) is 2.46. The summed E-state index contributed by atoms with van der Waals surface area (Å²) in [6, 6.07) is 1.41. The lowest BCUT2D eigenvalue weighted by Crippen LogP contribution is -2.20. The van der Waals surface area contributed by atoms with Crippen LogP contribution in [-0.2, 0) is 0 Å². The Hall–Kier alpha value is 0.304. The SMILES string of the molecule is C[Si](C)=CC[Si](C)(C)C. The van der Waals surface area contributed by atoms with Gasteiger partial charge >= 0.3 is 0 Å². The van der Waals surface area contributed by atoms with Gasteiger partial charge in [0.25, 0.3) is 0 Å². The molecule has 0 aliphatic carbocycles. The Bertz CT molecular complexity index is 105. The van der Waals surface area contributed by atoms with Gasteiger partial charge < -0.3 is 0 Å². The van der Waals surface area contributed by atoms with Gasteiger partial charge in [-0.15, -0.1) is 5.67 Å². The van der Waals surface area contributed by atoms with Crippen LogP contribution in [0.4, 0.5) is 0 Å². The Morgan fingerprint density at radius 3 is 1.78 bits per heavy atom. The molecule has 0 amide bonds. The third kappa shape index (κ3) is 8.30. The molecule has 0 fully saturated rings. The van der Waals surface area contributed by atoms with E-state index in [1.54, 1.807) is 0 Å². The van der Waals surface area contributed by atoms with Crippen molar-refractivity contribution >= 4 is 22.2 Å². The molecule has 0 unspecified atom stereocenters. The van der Waals surface area contributed by atoms with Crippen molar-refractivity contribution in [3.8, 4) is 0 Å². The first-order valence-electron chi connectivity index (χ1n) is 3.55. The Balaban J connectivity index is 3.64. The van der Waals surface area contributed by atoms with Gasteiger partial charge in [-0.1, -0.05) is 32.7 Å². The van der Waals surface area contributed by atoms with E-state index in [-0.39, 0.29) is 8.41 Å². The van der Waals surface area contributed by atoms with Crippen molar-refractivity contribution in [3.63, 3.8) is 0 Å². The van der Waals surface area contributed by atoms with E-state index in [0.717, 1.165) is 0 Å². The molecular weight excluding hydrogens is 140 g/mol. The smallest absolute Gasteiger partial charge is 0.0476 e. The molecule has 0 atom stereocenters. The highest BCUT2D eigenvalue weighted by Crippen LogP contribution is 2.04. The van der Waals surface area contributed by atoms with Crippen LogP contribution in [-0.4, -0.2) is 22.2 Å². The van der Waals surface area contributed by atoms with E-state index in [2.05, 4.69) is 38.4 Å². The minimum absolute atomic E-state index is 0.0578. The van der Waals surface area contributed by atoms with Crippen molar-refractivity contribution in [1.82, 2.24) is 0 Å². The van der Waals surface area contributed by atoms with Crippen LogP contribution in [0.2, 0.25) is 38.8 Å². The quantitative estimate of drug-likeness (QED) is 0.542. The molecule has 0 aromatic heterocycles. The molecule has 0 aliphatic rings. The van der Waals surface area contributed by atoms with Crippen molar-refractivity contribution in [2.45, 2.75) is 38.8 Å². The lowest BCUT2D eigenvalue weighted by atomic mass is 11.0. The molecule has 0 saturated heterocycles. The molecule has 0 nitrogen and oxygen atoms in total. The fourth-order valence-electron chi connectivity index (χ4n) is 0.510. The van der Waals surface area contributed by atoms with E-state index in [0.29, 0.717) is 0 Å². The number of hydrogen-bond donors (Lipinski definition) is 0. The van der Waals surface area contributed by atoms with Crippen LogP contribution in [0, 0.1) is 0 Å². The summed E-state index contributed by atoms with van der Waals surface area (Å²) >= 11 is 0. The van der Waals surface area contributed by atoms with Crippen LogP contribution >= 0.6 is 0 Å². The zero-order chi connectivity index (χ0) is 7.49. The topological polar surface area (TPSA) is 0 Å². The van der Waals surface area contributed by atoms with Gasteiger partial charge in [0.15, 0.2) is 0 Å². The summed E-state index contributed by atoms with van der Waals surface area (Å²) in [7, 11) is -0.808. The fourth-order valence-corrected chi connectivity index (χ4v) is 4.59. The molecule has 0 bridgehead atoms. The summed E-state index contributed by atoms with van der Waals surface area (Å²) in [4.78, 5) is 0. The largest absolute Gasteiger partial charge is 0.107 e. The van der Waals surface area contributed by atoms with Gasteiger partial charge in [-0.2, -0.15) is 0 Å². The van der Waals surface area contributed by atoms with Gasteiger partial charge in [-0.3, -0.25) is 0 Å². The summed E-state index contributed by atoms with van der Waals surface area (Å²) in [6.07, 6.45) is 0. The molecule has 2 heteroatoms. The number of hydrogen-bond acceptors (Lipinski definition) is 0. The van der Waals surface area contributed by atoms with E-state index < -0.39 is 8.07 Å². The predicted molar refractivity (Wildman–Crippen MR) is 51.7 cm³/mol. The van der Waals surface area contributed by atoms with Crippen LogP contribution < -0.4 is 0 Å². The molecule has 0 aliphatic heterocycles. The second-order valence-electron chi connectivity index (χ2n) is 4.05. The highest BCUT2D eigenvalue weighted by Gasteiger charge is 2.09. The van der Waals surface area contributed by atoms with Gasteiger partial charge in [-0.25, -0.2) is 0 Å². The highest BCUT2D eigenvalue weighted by atomic mass is 28.3. The van der Waals surface area contributed by atoms with Crippen molar-refractivity contribution in [2.24, 2.45) is 0 Å². The Labute approximate surface area is 61.5 Å². The Morgan fingerprint density at radius 2 is 1.67 bits per heavy atom. The standard InChI is InChI=1S/C7H18Si2/c1-8(2)6-7-9(3,4)5/h6H,7H2,1-5H3. The maximum Gasteiger partial charge on any atom is 0.0476 e. The van der Waals surface area contributed by atoms with Gasteiger partial charge in [0.05, 0.1) is 0 Å². The first-order valence-corrected chi connectivity index (χ1v) is 9.83. The van der Waals surface area contributed by atoms with Crippen LogP contribution in [0.5, 0.6) is 0 Å². The third-order valence-corrected chi connectivity index (χ3v) is 3.98. The lowest BCUT2D eigenvalue weighted by molar-refractivity contribution is 1.63. The van der Waals surface area contributed by atoms with Gasteiger partial charge in [0.1, 0.15) is 0 Å². The average molecular weight is 158 g/mol. The second kappa shape index (κ2) is 3.47. The van der Waals surface area contributed by atoms with E-state index in [4.69, 9.17) is 0 Å². The summed E-state index contributed by atoms with van der Waals surface area (Å²) < 4.78 is 0. The van der Waals surface area contributed by atoms with Crippen molar-refractivity contribution in [1.29, 1.82) is 0 Å². The van der Waals surface area contributed by atoms with Crippen molar-refractivity contribution in [2.75, 3.05) is 0 Å². The zero-order valence-electron chi connectivity index (χ0n) is 7.28. The molecule has 0 N–H and O–H groups in total. The number of rotatable bonds is 2. The molecule has 0 aromatic rings. The van der Waals surface area contributed by atoms with Crippen LogP contribution in [0.25, 0.3) is 0 Å². The van der Waals surface area contributed by atoms with Crippen molar-refractivity contribution in [3.05, 3.63) is 0 Å². The minimum Gasteiger partial charge on any atom is -0.107 e. The molecule has 0 radical (unpaired) electrons. The lowest BCUT2D eigenvalue weighted by Gasteiger charge is -2.11. The Morgan fingerprint density at radius 1 is 1.22 bits per heavy atom. The van der Waals surface area contributed by atoms with Crippen LogP contribution in [0.3, 0.4) is 0 Å². The molecule has 0 rings (SSSR count). The normalized spacial score (nSPS) is 11.2. The van der Waals surface area contributed by atoms with Crippen LogP contribution in [0.1, 0.15) is 0 Å². The average Bonchev–Trinajstić information content (AvgIpc) is 1.59. The first kappa shape index (κ1) is 9.30. The molecular formula is C7H18Si2. The second-order valence-corrected chi connectivity index (χ2v) is 12.1. The first-order chi connectivity index (χ1) is 3.92.